The first-order valence-corrected chi connectivity index (χ1v) is 8.04. The summed E-state index contributed by atoms with van der Waals surface area (Å²) in [5, 5.41) is 17.1. The Bertz CT molecular complexity index is 857. The van der Waals surface area contributed by atoms with Crippen molar-refractivity contribution in [2.45, 2.75) is 19.8 Å². The van der Waals surface area contributed by atoms with Crippen LogP contribution in [-0.2, 0) is 6.42 Å². The van der Waals surface area contributed by atoms with Crippen LogP contribution >= 0.6 is 0 Å². The van der Waals surface area contributed by atoms with E-state index in [1.54, 1.807) is 12.1 Å². The Morgan fingerprint density at radius 3 is 2.54 bits per heavy atom. The number of carbonyl (C=O) groups is 1. The quantitative estimate of drug-likeness (QED) is 0.623. The molecule has 0 aromatic heterocycles. The van der Waals surface area contributed by atoms with Crippen molar-refractivity contribution in [2.75, 3.05) is 10.6 Å². The zero-order valence-electron chi connectivity index (χ0n) is 13.5. The second kappa shape index (κ2) is 7.04. The number of phenols is 1. The summed E-state index contributed by atoms with van der Waals surface area (Å²) in [7, 11) is 0. The summed E-state index contributed by atoms with van der Waals surface area (Å²) in [6, 6.07) is 18.2. The molecule has 0 bridgehead atoms. The smallest absolute Gasteiger partial charge is 0.323 e. The molecule has 24 heavy (non-hydrogen) atoms. The van der Waals surface area contributed by atoms with Crippen LogP contribution in [0.15, 0.2) is 60.7 Å². The number of aromatic hydroxyl groups is 1. The molecule has 4 heteroatoms. The van der Waals surface area contributed by atoms with Gasteiger partial charge < -0.3 is 15.7 Å². The van der Waals surface area contributed by atoms with E-state index in [9.17, 15) is 9.90 Å². The van der Waals surface area contributed by atoms with Crippen molar-refractivity contribution < 1.29 is 9.90 Å². The zero-order valence-corrected chi connectivity index (χ0v) is 13.5. The maximum absolute atomic E-state index is 12.2. The number of anilines is 2. The van der Waals surface area contributed by atoms with Gasteiger partial charge in [0.05, 0.1) is 5.69 Å². The van der Waals surface area contributed by atoms with E-state index < -0.39 is 0 Å². The van der Waals surface area contributed by atoms with Crippen LogP contribution in [0.1, 0.15) is 18.9 Å². The monoisotopic (exact) mass is 320 g/mol. The highest BCUT2D eigenvalue weighted by molar-refractivity contribution is 6.06. The molecule has 0 saturated carbocycles. The van der Waals surface area contributed by atoms with Crippen LogP contribution < -0.4 is 10.6 Å². The lowest BCUT2D eigenvalue weighted by molar-refractivity contribution is 0.262. The molecule has 3 aromatic rings. The number of hydrogen-bond donors (Lipinski definition) is 3. The summed E-state index contributed by atoms with van der Waals surface area (Å²) in [5.41, 5.74) is 2.66. The maximum atomic E-state index is 12.2. The first-order valence-electron chi connectivity index (χ1n) is 8.04. The second-order valence-electron chi connectivity index (χ2n) is 5.74. The SMILES string of the molecule is CCCc1ccc(NC(=O)Nc2cccc3ccc(O)cc23)cc1. The van der Waals surface area contributed by atoms with Gasteiger partial charge in [-0.3, -0.25) is 0 Å². The molecule has 0 fully saturated rings. The average molecular weight is 320 g/mol. The van der Waals surface area contributed by atoms with Gasteiger partial charge in [0.2, 0.25) is 0 Å². The third-order valence-electron chi connectivity index (χ3n) is 3.86. The van der Waals surface area contributed by atoms with Crippen LogP contribution in [0, 0.1) is 0 Å². The molecule has 4 nitrogen and oxygen atoms in total. The number of rotatable bonds is 4. The lowest BCUT2D eigenvalue weighted by atomic mass is 10.1. The zero-order chi connectivity index (χ0) is 16.9. The van der Waals surface area contributed by atoms with Crippen molar-refractivity contribution in [3.05, 3.63) is 66.2 Å². The van der Waals surface area contributed by atoms with Crippen LogP contribution in [0.4, 0.5) is 16.2 Å². The van der Waals surface area contributed by atoms with Crippen molar-refractivity contribution in [3.63, 3.8) is 0 Å². The Morgan fingerprint density at radius 1 is 1.00 bits per heavy atom. The van der Waals surface area contributed by atoms with Gasteiger partial charge in [0.25, 0.3) is 0 Å². The van der Waals surface area contributed by atoms with Gasteiger partial charge in [0.15, 0.2) is 0 Å². The normalized spacial score (nSPS) is 10.5. The summed E-state index contributed by atoms with van der Waals surface area (Å²) in [5.74, 6) is 0.170. The van der Waals surface area contributed by atoms with Crippen LogP contribution in [0.5, 0.6) is 5.75 Å². The van der Waals surface area contributed by atoms with Crippen LogP contribution in [0.2, 0.25) is 0 Å². The van der Waals surface area contributed by atoms with Crippen LogP contribution in [-0.4, -0.2) is 11.1 Å². The molecule has 0 aliphatic carbocycles. The van der Waals surface area contributed by atoms with E-state index in [4.69, 9.17) is 0 Å². The van der Waals surface area contributed by atoms with Gasteiger partial charge in [0, 0.05) is 11.1 Å². The van der Waals surface area contributed by atoms with Crippen molar-refractivity contribution in [3.8, 4) is 5.75 Å². The third kappa shape index (κ3) is 3.66. The molecule has 0 saturated heterocycles. The summed E-state index contributed by atoms with van der Waals surface area (Å²) in [4.78, 5) is 12.2. The van der Waals surface area contributed by atoms with Gasteiger partial charge in [-0.25, -0.2) is 4.79 Å². The molecule has 122 valence electrons. The van der Waals surface area contributed by atoms with Crippen molar-refractivity contribution in [2.24, 2.45) is 0 Å². The van der Waals surface area contributed by atoms with Gasteiger partial charge in [0.1, 0.15) is 5.75 Å². The van der Waals surface area contributed by atoms with Gasteiger partial charge in [-0.05, 0) is 47.7 Å². The number of nitrogens with one attached hydrogen (secondary N) is 2. The number of phenolic OH excluding ortho intramolecular Hbond substituents is 1. The molecule has 2 amide bonds. The predicted octanol–water partition coefficient (Wildman–Crippen LogP) is 5.14. The summed E-state index contributed by atoms with van der Waals surface area (Å²) in [6.45, 7) is 2.14. The number of carbonyl (C=O) groups excluding carboxylic acids is 1. The Kier molecular flexibility index (Phi) is 4.66. The van der Waals surface area contributed by atoms with Crippen molar-refractivity contribution in [1.82, 2.24) is 0 Å². The van der Waals surface area contributed by atoms with E-state index in [0.717, 1.165) is 29.3 Å². The highest BCUT2D eigenvalue weighted by Gasteiger charge is 2.07. The summed E-state index contributed by atoms with van der Waals surface area (Å²) < 4.78 is 0. The summed E-state index contributed by atoms with van der Waals surface area (Å²) in [6.07, 6.45) is 2.13. The molecule has 0 aliphatic heterocycles. The molecule has 0 aliphatic rings. The van der Waals surface area contributed by atoms with E-state index in [1.807, 2.05) is 48.5 Å². The minimum atomic E-state index is -0.311. The Morgan fingerprint density at radius 2 is 1.79 bits per heavy atom. The maximum Gasteiger partial charge on any atom is 0.323 e. The number of fused-ring (bicyclic) bond motifs is 1. The van der Waals surface area contributed by atoms with Crippen molar-refractivity contribution in [1.29, 1.82) is 0 Å². The fraction of sp³-hybridized carbons (Fsp3) is 0.150. The van der Waals surface area contributed by atoms with E-state index in [2.05, 4.69) is 17.6 Å². The number of amides is 2. The fourth-order valence-corrected chi connectivity index (χ4v) is 2.70. The minimum Gasteiger partial charge on any atom is -0.508 e. The van der Waals surface area contributed by atoms with Crippen LogP contribution in [0.3, 0.4) is 0 Å². The average Bonchev–Trinajstić information content (AvgIpc) is 2.57. The molecule has 3 aromatic carbocycles. The molecule has 0 unspecified atom stereocenters. The van der Waals surface area contributed by atoms with Crippen molar-refractivity contribution >= 4 is 28.2 Å². The minimum absolute atomic E-state index is 0.170. The highest BCUT2D eigenvalue weighted by atomic mass is 16.3. The van der Waals surface area contributed by atoms with E-state index >= 15 is 0 Å². The first kappa shape index (κ1) is 15.9. The molecule has 0 atom stereocenters. The van der Waals surface area contributed by atoms with Crippen LogP contribution in [0.25, 0.3) is 10.8 Å². The van der Waals surface area contributed by atoms with E-state index in [1.165, 1.54) is 5.56 Å². The largest absolute Gasteiger partial charge is 0.508 e. The molecule has 3 rings (SSSR count). The lowest BCUT2D eigenvalue weighted by Crippen LogP contribution is -2.19. The molecule has 3 N–H and O–H groups in total. The first-order chi connectivity index (χ1) is 11.7. The predicted molar refractivity (Wildman–Crippen MR) is 98.7 cm³/mol. The highest BCUT2D eigenvalue weighted by Crippen LogP contribution is 2.27. The summed E-state index contributed by atoms with van der Waals surface area (Å²) >= 11 is 0. The lowest BCUT2D eigenvalue weighted by Gasteiger charge is -2.11. The third-order valence-corrected chi connectivity index (χ3v) is 3.86. The Labute approximate surface area is 141 Å². The van der Waals surface area contributed by atoms with E-state index in [0.29, 0.717) is 5.69 Å². The molecular formula is C20H20N2O2. The molecule has 0 heterocycles. The van der Waals surface area contributed by atoms with Gasteiger partial charge in [-0.1, -0.05) is 43.7 Å². The fourth-order valence-electron chi connectivity index (χ4n) is 2.70. The topological polar surface area (TPSA) is 61.4 Å². The molecular weight excluding hydrogens is 300 g/mol. The molecule has 0 spiro atoms. The van der Waals surface area contributed by atoms with Gasteiger partial charge in [-0.15, -0.1) is 0 Å². The number of benzene rings is 3. The van der Waals surface area contributed by atoms with Gasteiger partial charge >= 0.3 is 6.03 Å². The number of hydrogen-bond acceptors (Lipinski definition) is 2. The Balaban J connectivity index is 1.74. The van der Waals surface area contributed by atoms with E-state index in [-0.39, 0.29) is 11.8 Å². The van der Waals surface area contributed by atoms with Gasteiger partial charge in [-0.2, -0.15) is 0 Å². The molecule has 0 radical (unpaired) electrons. The second-order valence-corrected chi connectivity index (χ2v) is 5.74. The number of urea groups is 1. The standard InChI is InChI=1S/C20H20N2O2/c1-2-4-14-7-10-16(11-8-14)21-20(24)22-19-6-3-5-15-9-12-17(23)13-18(15)19/h3,5-13,23H,2,4H2,1H3,(H2,21,22,24). The number of aryl methyl sites for hydroxylation is 1. The Hall–Kier alpha value is -3.01.